The van der Waals surface area contributed by atoms with E-state index in [0.717, 1.165) is 11.3 Å². The fourth-order valence-electron chi connectivity index (χ4n) is 2.16. The molecule has 2 rings (SSSR count). The highest BCUT2D eigenvalue weighted by atomic mass is 32.2. The molecule has 20 heavy (non-hydrogen) atoms. The van der Waals surface area contributed by atoms with Gasteiger partial charge in [-0.25, -0.2) is 8.42 Å². The smallest absolute Gasteiger partial charge is 0.239 e. The Hall–Kier alpha value is -1.07. The van der Waals surface area contributed by atoms with Crippen LogP contribution in [0.5, 0.6) is 0 Å². The molecule has 0 aromatic heterocycles. The molecular formula is C15H24N2O2S. The van der Waals surface area contributed by atoms with Gasteiger partial charge >= 0.3 is 0 Å². The summed E-state index contributed by atoms with van der Waals surface area (Å²) in [7, 11) is -3.31. The minimum atomic E-state index is -3.31. The molecule has 0 bridgehead atoms. The zero-order chi connectivity index (χ0) is 14.8. The summed E-state index contributed by atoms with van der Waals surface area (Å²) in [6.45, 7) is 6.63. The molecule has 112 valence electrons. The van der Waals surface area contributed by atoms with Crippen LogP contribution in [0.1, 0.15) is 32.3 Å². The minimum Gasteiger partial charge on any atom is -0.313 e. The number of aryl methyl sites for hydroxylation is 1. The van der Waals surface area contributed by atoms with E-state index in [-0.39, 0.29) is 0 Å². The van der Waals surface area contributed by atoms with Crippen molar-refractivity contribution >= 4 is 15.7 Å². The first-order chi connectivity index (χ1) is 9.45. The fourth-order valence-corrected chi connectivity index (χ4v) is 3.68. The number of nitrogens with zero attached hydrogens (tertiary/aromatic N) is 1. The second-order valence-electron chi connectivity index (χ2n) is 5.54. The van der Waals surface area contributed by atoms with Gasteiger partial charge in [0.25, 0.3) is 0 Å². The highest BCUT2D eigenvalue weighted by Gasteiger charge is 2.30. The van der Waals surface area contributed by atoms with Crippen molar-refractivity contribution in [2.45, 2.75) is 44.9 Å². The topological polar surface area (TPSA) is 49.4 Å². The second kappa shape index (κ2) is 6.14. The van der Waals surface area contributed by atoms with E-state index < -0.39 is 15.3 Å². The van der Waals surface area contributed by atoms with Crippen molar-refractivity contribution in [3.05, 3.63) is 29.8 Å². The molecule has 0 spiro atoms. The van der Waals surface area contributed by atoms with Crippen molar-refractivity contribution in [3.8, 4) is 0 Å². The maximum absolute atomic E-state index is 12.7. The molecule has 0 aliphatic heterocycles. The van der Waals surface area contributed by atoms with Gasteiger partial charge in [0.05, 0.1) is 10.9 Å². The highest BCUT2D eigenvalue weighted by Crippen LogP contribution is 2.22. The summed E-state index contributed by atoms with van der Waals surface area (Å²) in [5.41, 5.74) is 1.88. The Bertz CT molecular complexity index is 535. The second-order valence-corrected chi connectivity index (χ2v) is 7.81. The van der Waals surface area contributed by atoms with Gasteiger partial charge in [-0.05, 0) is 45.7 Å². The van der Waals surface area contributed by atoms with Gasteiger partial charge in [0, 0.05) is 19.1 Å². The molecule has 4 nitrogen and oxygen atoms in total. The largest absolute Gasteiger partial charge is 0.313 e. The molecule has 1 aromatic rings. The molecule has 1 unspecified atom stereocenters. The van der Waals surface area contributed by atoms with Gasteiger partial charge in [-0.15, -0.1) is 0 Å². The minimum absolute atomic E-state index is 0.413. The van der Waals surface area contributed by atoms with Crippen LogP contribution >= 0.6 is 0 Å². The summed E-state index contributed by atoms with van der Waals surface area (Å²) in [5.74, 6) is 0. The summed E-state index contributed by atoms with van der Waals surface area (Å²) in [5, 5.41) is 2.88. The SMILES string of the molecule is CCN(c1ccc(C)cc1)S(=O)(=O)C(C)CNC1CC1. The standard InChI is InChI=1S/C15H24N2O2S/c1-4-17(15-9-5-12(2)6-10-15)20(18,19)13(3)11-16-14-7-8-14/h5-6,9-10,13-14,16H,4,7-8,11H2,1-3H3. The van der Waals surface area contributed by atoms with Crippen LogP contribution in [0, 0.1) is 6.92 Å². The predicted octanol–water partition coefficient (Wildman–Crippen LogP) is 2.29. The summed E-state index contributed by atoms with van der Waals surface area (Å²) < 4.78 is 26.8. The number of benzene rings is 1. The summed E-state index contributed by atoms with van der Waals surface area (Å²) in [6.07, 6.45) is 2.34. The molecule has 1 N–H and O–H groups in total. The summed E-state index contributed by atoms with van der Waals surface area (Å²) >= 11 is 0. The first-order valence-electron chi connectivity index (χ1n) is 7.26. The Morgan fingerprint density at radius 1 is 1.30 bits per heavy atom. The fraction of sp³-hybridized carbons (Fsp3) is 0.600. The normalized spacial score (nSPS) is 16.9. The van der Waals surface area contributed by atoms with E-state index in [9.17, 15) is 8.42 Å². The molecule has 0 amide bonds. The number of hydrogen-bond acceptors (Lipinski definition) is 3. The van der Waals surface area contributed by atoms with Gasteiger partial charge < -0.3 is 5.32 Å². The maximum Gasteiger partial charge on any atom is 0.239 e. The molecular weight excluding hydrogens is 272 g/mol. The first kappa shape index (κ1) is 15.3. The Labute approximate surface area is 122 Å². The van der Waals surface area contributed by atoms with Gasteiger partial charge in [0.2, 0.25) is 10.0 Å². The zero-order valence-electron chi connectivity index (χ0n) is 12.5. The van der Waals surface area contributed by atoms with Crippen LogP contribution < -0.4 is 9.62 Å². The van der Waals surface area contributed by atoms with Crippen LogP contribution in [0.2, 0.25) is 0 Å². The van der Waals surface area contributed by atoms with Gasteiger partial charge in [0.15, 0.2) is 0 Å². The summed E-state index contributed by atoms with van der Waals surface area (Å²) in [6, 6.07) is 8.16. The lowest BCUT2D eigenvalue weighted by Crippen LogP contribution is -2.42. The van der Waals surface area contributed by atoms with Gasteiger partial charge in [-0.3, -0.25) is 4.31 Å². The molecule has 1 atom stereocenters. The molecule has 1 aromatic carbocycles. The number of sulfonamides is 1. The molecule has 1 fully saturated rings. The van der Waals surface area contributed by atoms with E-state index in [1.165, 1.54) is 17.1 Å². The van der Waals surface area contributed by atoms with Crippen LogP contribution in [0.4, 0.5) is 5.69 Å². The lowest BCUT2D eigenvalue weighted by Gasteiger charge is -2.27. The quantitative estimate of drug-likeness (QED) is 0.840. The van der Waals surface area contributed by atoms with Crippen molar-refractivity contribution in [2.24, 2.45) is 0 Å². The van der Waals surface area contributed by atoms with Crippen molar-refractivity contribution in [2.75, 3.05) is 17.4 Å². The van der Waals surface area contributed by atoms with Crippen LogP contribution in [0.15, 0.2) is 24.3 Å². The van der Waals surface area contributed by atoms with E-state index in [0.29, 0.717) is 19.1 Å². The molecule has 5 heteroatoms. The lowest BCUT2D eigenvalue weighted by molar-refractivity contribution is 0.567. The van der Waals surface area contributed by atoms with Crippen LogP contribution in [0.25, 0.3) is 0 Å². The number of anilines is 1. The van der Waals surface area contributed by atoms with E-state index in [1.807, 2.05) is 38.1 Å². The Kier molecular flexibility index (Phi) is 4.70. The Morgan fingerprint density at radius 2 is 1.90 bits per heavy atom. The summed E-state index contributed by atoms with van der Waals surface area (Å²) in [4.78, 5) is 0. The molecule has 0 radical (unpaired) electrons. The van der Waals surface area contributed by atoms with Gasteiger partial charge in [0.1, 0.15) is 0 Å². The van der Waals surface area contributed by atoms with Gasteiger partial charge in [-0.1, -0.05) is 17.7 Å². The Morgan fingerprint density at radius 3 is 2.40 bits per heavy atom. The molecule has 0 saturated heterocycles. The number of nitrogens with one attached hydrogen (secondary N) is 1. The van der Waals surface area contributed by atoms with E-state index in [4.69, 9.17) is 0 Å². The van der Waals surface area contributed by atoms with Gasteiger partial charge in [-0.2, -0.15) is 0 Å². The number of hydrogen-bond donors (Lipinski definition) is 1. The average Bonchev–Trinajstić information content (AvgIpc) is 3.23. The number of rotatable bonds is 7. The zero-order valence-corrected chi connectivity index (χ0v) is 13.3. The molecule has 1 saturated carbocycles. The van der Waals surface area contributed by atoms with E-state index >= 15 is 0 Å². The average molecular weight is 296 g/mol. The Balaban J connectivity index is 2.12. The third-order valence-corrected chi connectivity index (χ3v) is 5.96. The monoisotopic (exact) mass is 296 g/mol. The molecule has 0 heterocycles. The van der Waals surface area contributed by atoms with E-state index in [2.05, 4.69) is 5.32 Å². The van der Waals surface area contributed by atoms with Crippen molar-refractivity contribution in [1.29, 1.82) is 0 Å². The van der Waals surface area contributed by atoms with Crippen molar-refractivity contribution in [1.82, 2.24) is 5.32 Å². The van der Waals surface area contributed by atoms with Crippen LogP contribution in [0.3, 0.4) is 0 Å². The van der Waals surface area contributed by atoms with Crippen LogP contribution in [-0.4, -0.2) is 32.8 Å². The first-order valence-corrected chi connectivity index (χ1v) is 8.77. The van der Waals surface area contributed by atoms with Crippen molar-refractivity contribution < 1.29 is 8.42 Å². The molecule has 1 aliphatic carbocycles. The third-order valence-electron chi connectivity index (χ3n) is 3.70. The van der Waals surface area contributed by atoms with Crippen molar-refractivity contribution in [3.63, 3.8) is 0 Å². The maximum atomic E-state index is 12.7. The predicted molar refractivity (Wildman–Crippen MR) is 83.6 cm³/mol. The lowest BCUT2D eigenvalue weighted by atomic mass is 10.2. The highest BCUT2D eigenvalue weighted by molar-refractivity contribution is 7.93. The van der Waals surface area contributed by atoms with E-state index in [1.54, 1.807) is 6.92 Å². The van der Waals surface area contributed by atoms with Crippen LogP contribution in [-0.2, 0) is 10.0 Å². The third kappa shape index (κ3) is 3.52. The molecule has 1 aliphatic rings.